The largest absolute Gasteiger partial charge is 0.573 e. The third kappa shape index (κ3) is 4.75. The van der Waals surface area contributed by atoms with Crippen molar-refractivity contribution in [1.29, 1.82) is 0 Å². The number of hydrogen-bond donors (Lipinski definition) is 1. The van der Waals surface area contributed by atoms with Gasteiger partial charge in [0, 0.05) is 13.0 Å². The Hall–Kier alpha value is -2.09. The molecule has 1 N–H and O–H groups in total. The second kappa shape index (κ2) is 6.57. The van der Waals surface area contributed by atoms with Crippen molar-refractivity contribution in [3.63, 3.8) is 0 Å². The van der Waals surface area contributed by atoms with Crippen molar-refractivity contribution in [3.05, 3.63) is 29.8 Å². The van der Waals surface area contributed by atoms with Gasteiger partial charge in [-0.05, 0) is 24.6 Å². The van der Waals surface area contributed by atoms with Gasteiger partial charge >= 0.3 is 12.3 Å². The summed E-state index contributed by atoms with van der Waals surface area (Å²) in [5, 5.41) is 9.09. The fraction of sp³-hybridized carbons (Fsp3) is 0.385. The molecule has 0 spiro atoms. The number of aliphatic carboxylic acids is 1. The second-order valence-electron chi connectivity index (χ2n) is 4.11. The number of carboxylic acids is 1. The highest BCUT2D eigenvalue weighted by Crippen LogP contribution is 2.24. The van der Waals surface area contributed by atoms with E-state index in [2.05, 4.69) is 4.74 Å². The van der Waals surface area contributed by atoms with Crippen molar-refractivity contribution in [2.45, 2.75) is 25.3 Å². The molecule has 5 nitrogen and oxygen atoms in total. The van der Waals surface area contributed by atoms with Crippen LogP contribution in [-0.4, -0.2) is 35.9 Å². The third-order valence-corrected chi connectivity index (χ3v) is 2.58. The number of benzene rings is 1. The maximum Gasteiger partial charge on any atom is 0.573 e. The Labute approximate surface area is 118 Å². The van der Waals surface area contributed by atoms with Gasteiger partial charge in [-0.1, -0.05) is 12.1 Å². The zero-order valence-corrected chi connectivity index (χ0v) is 11.0. The summed E-state index contributed by atoms with van der Waals surface area (Å²) in [7, 11) is 0. The lowest BCUT2D eigenvalue weighted by Crippen LogP contribution is -2.45. The molecule has 0 heterocycles. The predicted molar refractivity (Wildman–Crippen MR) is 64.9 cm³/mol. The van der Waals surface area contributed by atoms with Crippen LogP contribution in [0.5, 0.6) is 5.75 Å². The zero-order chi connectivity index (χ0) is 16.1. The molecule has 1 aromatic carbocycles. The first kappa shape index (κ1) is 17.0. The molecule has 116 valence electrons. The van der Waals surface area contributed by atoms with Crippen molar-refractivity contribution < 1.29 is 37.3 Å². The van der Waals surface area contributed by atoms with Gasteiger partial charge in [-0.15, -0.1) is 13.2 Å². The molecule has 0 aromatic heterocycles. The van der Waals surface area contributed by atoms with Gasteiger partial charge in [-0.25, -0.2) is 4.79 Å². The molecule has 8 heteroatoms. The Morgan fingerprint density at radius 3 is 2.24 bits per heavy atom. The molecule has 0 fully saturated rings. The molecule has 0 radical (unpaired) electrons. The number of ether oxygens (including phenoxy) is 2. The molecule has 0 saturated heterocycles. The molecular formula is C13H13F3O5. The lowest BCUT2D eigenvalue weighted by Gasteiger charge is -2.23. The van der Waals surface area contributed by atoms with Crippen molar-refractivity contribution >= 4 is 12.3 Å². The van der Waals surface area contributed by atoms with Crippen LogP contribution in [0.15, 0.2) is 24.3 Å². The molecule has 0 aliphatic rings. The number of rotatable bonds is 7. The summed E-state index contributed by atoms with van der Waals surface area (Å²) in [5.41, 5.74) is -1.73. The van der Waals surface area contributed by atoms with E-state index in [4.69, 9.17) is 9.84 Å². The summed E-state index contributed by atoms with van der Waals surface area (Å²) in [5.74, 6) is -1.90. The standard InChI is InChI=1S/C13H13F3O5/c1-2-20-12(8-17,11(18)19)7-9-3-5-10(6-4-9)21-13(14,15)16/h3-6,8H,2,7H2,1H3,(H,18,19). The maximum atomic E-state index is 12.0. The maximum absolute atomic E-state index is 12.0. The van der Waals surface area contributed by atoms with Crippen LogP contribution < -0.4 is 4.74 Å². The van der Waals surface area contributed by atoms with E-state index < -0.39 is 23.7 Å². The van der Waals surface area contributed by atoms with Crippen molar-refractivity contribution in [2.24, 2.45) is 0 Å². The van der Waals surface area contributed by atoms with Gasteiger partial charge in [0.05, 0.1) is 0 Å². The third-order valence-electron chi connectivity index (χ3n) is 2.58. The predicted octanol–water partition coefficient (Wildman–Crippen LogP) is 2.19. The summed E-state index contributed by atoms with van der Waals surface area (Å²) < 4.78 is 44.7. The highest BCUT2D eigenvalue weighted by molar-refractivity contribution is 5.96. The summed E-state index contributed by atoms with van der Waals surface area (Å²) in [4.78, 5) is 22.2. The molecule has 0 aliphatic heterocycles. The summed E-state index contributed by atoms with van der Waals surface area (Å²) in [6.45, 7) is 1.53. The highest BCUT2D eigenvalue weighted by Gasteiger charge is 2.39. The Morgan fingerprint density at radius 1 is 1.29 bits per heavy atom. The van der Waals surface area contributed by atoms with E-state index in [0.29, 0.717) is 5.56 Å². The molecule has 0 amide bonds. The average Bonchev–Trinajstić information content (AvgIpc) is 2.38. The molecule has 1 rings (SSSR count). The number of carboxylic acid groups (broad SMARTS) is 1. The van der Waals surface area contributed by atoms with Gasteiger partial charge in [0.2, 0.25) is 5.60 Å². The van der Waals surface area contributed by atoms with Crippen LogP contribution >= 0.6 is 0 Å². The number of halogens is 3. The fourth-order valence-corrected chi connectivity index (χ4v) is 1.68. The van der Waals surface area contributed by atoms with E-state index in [1.54, 1.807) is 0 Å². The molecule has 21 heavy (non-hydrogen) atoms. The van der Waals surface area contributed by atoms with Gasteiger partial charge in [-0.3, -0.25) is 4.79 Å². The van der Waals surface area contributed by atoms with Crippen LogP contribution in [0.4, 0.5) is 13.2 Å². The van der Waals surface area contributed by atoms with Crippen LogP contribution in [0.2, 0.25) is 0 Å². The average molecular weight is 306 g/mol. The summed E-state index contributed by atoms with van der Waals surface area (Å²) >= 11 is 0. The van der Waals surface area contributed by atoms with Crippen LogP contribution in [0.25, 0.3) is 0 Å². The van der Waals surface area contributed by atoms with E-state index in [-0.39, 0.29) is 19.3 Å². The first-order chi connectivity index (χ1) is 9.72. The SMILES string of the molecule is CCOC(C=O)(Cc1ccc(OC(F)(F)F)cc1)C(=O)O. The van der Waals surface area contributed by atoms with Crippen molar-refractivity contribution in [1.82, 2.24) is 0 Å². The second-order valence-corrected chi connectivity index (χ2v) is 4.11. The van der Waals surface area contributed by atoms with E-state index in [1.165, 1.54) is 19.1 Å². The molecule has 1 aromatic rings. The molecule has 1 atom stereocenters. The smallest absolute Gasteiger partial charge is 0.479 e. The molecule has 0 bridgehead atoms. The Morgan fingerprint density at radius 2 is 1.86 bits per heavy atom. The van der Waals surface area contributed by atoms with Gasteiger partial charge in [0.15, 0.2) is 6.29 Å². The van der Waals surface area contributed by atoms with E-state index in [1.807, 2.05) is 0 Å². The van der Waals surface area contributed by atoms with Gasteiger partial charge in [0.1, 0.15) is 5.75 Å². The number of alkyl halides is 3. The Kier molecular flexibility index (Phi) is 5.31. The lowest BCUT2D eigenvalue weighted by atomic mass is 9.95. The number of carbonyl (C=O) groups is 2. The molecule has 1 unspecified atom stereocenters. The Balaban J connectivity index is 2.91. The molecule has 0 saturated carbocycles. The number of carbonyl (C=O) groups excluding carboxylic acids is 1. The first-order valence-corrected chi connectivity index (χ1v) is 5.91. The van der Waals surface area contributed by atoms with Crippen molar-refractivity contribution in [3.8, 4) is 5.75 Å². The normalized spacial score (nSPS) is 14.3. The summed E-state index contributed by atoms with van der Waals surface area (Å²) in [6, 6.07) is 4.54. The minimum atomic E-state index is -4.81. The first-order valence-electron chi connectivity index (χ1n) is 5.91. The zero-order valence-electron chi connectivity index (χ0n) is 11.0. The molecular weight excluding hydrogens is 293 g/mol. The van der Waals surface area contributed by atoms with E-state index >= 15 is 0 Å². The van der Waals surface area contributed by atoms with Crippen LogP contribution in [0.3, 0.4) is 0 Å². The van der Waals surface area contributed by atoms with Crippen LogP contribution in [0.1, 0.15) is 12.5 Å². The highest BCUT2D eigenvalue weighted by atomic mass is 19.4. The van der Waals surface area contributed by atoms with Gasteiger partial charge in [0.25, 0.3) is 0 Å². The van der Waals surface area contributed by atoms with Gasteiger partial charge in [-0.2, -0.15) is 0 Å². The van der Waals surface area contributed by atoms with E-state index in [0.717, 1.165) is 12.1 Å². The fourth-order valence-electron chi connectivity index (χ4n) is 1.68. The monoisotopic (exact) mass is 306 g/mol. The van der Waals surface area contributed by atoms with E-state index in [9.17, 15) is 22.8 Å². The Bertz CT molecular complexity index is 498. The minimum absolute atomic E-state index is 0.000306. The van der Waals surface area contributed by atoms with Crippen LogP contribution in [0, 0.1) is 0 Å². The molecule has 0 aliphatic carbocycles. The van der Waals surface area contributed by atoms with Crippen molar-refractivity contribution in [2.75, 3.05) is 6.61 Å². The topological polar surface area (TPSA) is 72.8 Å². The number of hydrogen-bond acceptors (Lipinski definition) is 4. The quantitative estimate of drug-likeness (QED) is 0.617. The summed E-state index contributed by atoms with van der Waals surface area (Å²) in [6.07, 6.45) is -4.94. The van der Waals surface area contributed by atoms with Crippen LogP contribution in [-0.2, 0) is 20.7 Å². The van der Waals surface area contributed by atoms with Gasteiger partial charge < -0.3 is 14.6 Å². The minimum Gasteiger partial charge on any atom is -0.479 e. The number of aldehydes is 1. The lowest BCUT2D eigenvalue weighted by molar-refractivity contribution is -0.274.